The molecule has 3 aromatic carbocycles. The van der Waals surface area contributed by atoms with E-state index in [-0.39, 0.29) is 17.4 Å². The fraction of sp³-hybridized carbons (Fsp3) is 0.0833. The van der Waals surface area contributed by atoms with Crippen LogP contribution in [0.1, 0.15) is 22.7 Å². The maximum atomic E-state index is 13.3. The van der Waals surface area contributed by atoms with Gasteiger partial charge in [-0.05, 0) is 28.8 Å². The average molecular weight is 385 g/mol. The smallest absolute Gasteiger partial charge is 0.264 e. The molecule has 4 nitrogen and oxygen atoms in total. The molecule has 0 radical (unpaired) electrons. The number of hydrogen-bond donors (Lipinski definition) is 2. The lowest BCUT2D eigenvalue weighted by atomic mass is 9.98. The highest BCUT2D eigenvalue weighted by Gasteiger charge is 2.19. The normalized spacial score (nSPS) is 11.0. The number of carbonyl (C=O) groups is 1. The van der Waals surface area contributed by atoms with E-state index in [4.69, 9.17) is 0 Å². The lowest BCUT2D eigenvalue weighted by molar-refractivity contribution is -0.117. The summed E-state index contributed by atoms with van der Waals surface area (Å²) < 4.78 is 13.3. The number of nitriles is 1. The summed E-state index contributed by atoms with van der Waals surface area (Å²) in [6.45, 7) is 0.303. The molecule has 0 bridgehead atoms. The second kappa shape index (κ2) is 9.86. The Morgan fingerprint density at radius 2 is 1.59 bits per heavy atom. The molecule has 0 aliphatic carbocycles. The number of nitrogens with one attached hydrogen (secondary N) is 2. The highest BCUT2D eigenvalue weighted by molar-refractivity contribution is 5.97. The zero-order valence-electron chi connectivity index (χ0n) is 15.7. The second-order valence-electron chi connectivity index (χ2n) is 6.41. The fourth-order valence-electron chi connectivity index (χ4n) is 2.93. The molecule has 0 aromatic heterocycles. The van der Waals surface area contributed by atoms with Gasteiger partial charge in [0.15, 0.2) is 0 Å². The number of nitrogens with zero attached hydrogens (tertiary/aromatic N) is 1. The summed E-state index contributed by atoms with van der Waals surface area (Å²) in [6.07, 6.45) is 1.35. The summed E-state index contributed by atoms with van der Waals surface area (Å²) in [5.74, 6) is -0.822. The van der Waals surface area contributed by atoms with Gasteiger partial charge in [-0.3, -0.25) is 4.79 Å². The van der Waals surface area contributed by atoms with Crippen molar-refractivity contribution >= 4 is 5.91 Å². The van der Waals surface area contributed by atoms with Gasteiger partial charge in [-0.2, -0.15) is 5.26 Å². The van der Waals surface area contributed by atoms with Crippen LogP contribution in [-0.4, -0.2) is 5.91 Å². The van der Waals surface area contributed by atoms with E-state index in [0.717, 1.165) is 11.1 Å². The van der Waals surface area contributed by atoms with Crippen LogP contribution in [-0.2, 0) is 11.3 Å². The summed E-state index contributed by atoms with van der Waals surface area (Å²) >= 11 is 0. The molecule has 0 saturated carbocycles. The maximum Gasteiger partial charge on any atom is 0.264 e. The summed E-state index contributed by atoms with van der Waals surface area (Å²) in [7, 11) is 0. The van der Waals surface area contributed by atoms with Gasteiger partial charge >= 0.3 is 0 Å². The largest absolute Gasteiger partial charge is 0.386 e. The second-order valence-corrected chi connectivity index (χ2v) is 6.41. The van der Waals surface area contributed by atoms with Gasteiger partial charge in [0.05, 0.1) is 6.04 Å². The number of halogens is 1. The van der Waals surface area contributed by atoms with Crippen LogP contribution in [0.4, 0.5) is 4.39 Å². The average Bonchev–Trinajstić information content (AvgIpc) is 2.76. The third-order valence-corrected chi connectivity index (χ3v) is 4.35. The Morgan fingerprint density at radius 3 is 2.14 bits per heavy atom. The van der Waals surface area contributed by atoms with Crippen LogP contribution in [0, 0.1) is 17.1 Å². The van der Waals surface area contributed by atoms with Crippen molar-refractivity contribution in [3.63, 3.8) is 0 Å². The Morgan fingerprint density at radius 1 is 0.966 bits per heavy atom. The number of benzene rings is 3. The van der Waals surface area contributed by atoms with Gasteiger partial charge in [0.2, 0.25) is 0 Å². The molecule has 3 rings (SSSR count). The summed E-state index contributed by atoms with van der Waals surface area (Å²) in [4.78, 5) is 12.7. The molecule has 0 atom stereocenters. The Kier molecular flexibility index (Phi) is 6.75. The molecule has 0 spiro atoms. The van der Waals surface area contributed by atoms with E-state index in [2.05, 4.69) is 10.6 Å². The minimum Gasteiger partial charge on any atom is -0.386 e. The lowest BCUT2D eigenvalue weighted by Gasteiger charge is -2.19. The van der Waals surface area contributed by atoms with Gasteiger partial charge in [0.25, 0.3) is 5.91 Å². The van der Waals surface area contributed by atoms with Gasteiger partial charge < -0.3 is 10.6 Å². The molecule has 5 heteroatoms. The molecule has 0 aliphatic heterocycles. The molecule has 0 saturated heterocycles. The van der Waals surface area contributed by atoms with E-state index in [1.807, 2.05) is 66.7 Å². The lowest BCUT2D eigenvalue weighted by Crippen LogP contribution is -2.30. The molecule has 0 aliphatic rings. The van der Waals surface area contributed by atoms with E-state index >= 15 is 0 Å². The third-order valence-electron chi connectivity index (χ3n) is 4.35. The van der Waals surface area contributed by atoms with Crippen molar-refractivity contribution in [3.8, 4) is 6.07 Å². The quantitative estimate of drug-likeness (QED) is 0.473. The van der Waals surface area contributed by atoms with Crippen molar-refractivity contribution in [2.75, 3.05) is 0 Å². The van der Waals surface area contributed by atoms with Gasteiger partial charge in [0.1, 0.15) is 17.5 Å². The number of carbonyl (C=O) groups excluding carboxylic acids is 1. The highest BCUT2D eigenvalue weighted by atomic mass is 19.1. The van der Waals surface area contributed by atoms with Crippen molar-refractivity contribution in [1.29, 1.82) is 5.26 Å². The molecule has 0 unspecified atom stereocenters. The fourth-order valence-corrected chi connectivity index (χ4v) is 2.93. The molecule has 3 aromatic rings. The van der Waals surface area contributed by atoms with Gasteiger partial charge in [-0.25, -0.2) is 4.39 Å². The number of amides is 1. The summed E-state index contributed by atoms with van der Waals surface area (Å²) in [6, 6.07) is 26.8. The highest BCUT2D eigenvalue weighted by Crippen LogP contribution is 2.22. The molecular formula is C24H20FN3O. The summed E-state index contributed by atoms with van der Waals surface area (Å²) in [5.41, 5.74) is 2.48. The first-order valence-corrected chi connectivity index (χ1v) is 9.16. The van der Waals surface area contributed by atoms with E-state index < -0.39 is 5.91 Å². The summed E-state index contributed by atoms with van der Waals surface area (Å²) in [5, 5.41) is 15.2. The maximum absolute atomic E-state index is 13.3. The molecule has 2 N–H and O–H groups in total. The Labute approximate surface area is 169 Å². The molecule has 0 fully saturated rings. The van der Waals surface area contributed by atoms with Crippen LogP contribution < -0.4 is 10.6 Å². The first-order chi connectivity index (χ1) is 14.2. The number of hydrogen-bond acceptors (Lipinski definition) is 3. The van der Waals surface area contributed by atoms with Crippen LogP contribution >= 0.6 is 0 Å². The number of rotatable bonds is 7. The van der Waals surface area contributed by atoms with Crippen LogP contribution in [0.2, 0.25) is 0 Å². The zero-order chi connectivity index (χ0) is 20.5. The van der Waals surface area contributed by atoms with E-state index in [1.54, 1.807) is 12.1 Å². The molecule has 144 valence electrons. The molecule has 1 amide bonds. The van der Waals surface area contributed by atoms with E-state index in [0.29, 0.717) is 12.1 Å². The van der Waals surface area contributed by atoms with E-state index in [9.17, 15) is 14.4 Å². The minimum atomic E-state index is -0.489. The third kappa shape index (κ3) is 5.53. The topological polar surface area (TPSA) is 64.9 Å². The monoisotopic (exact) mass is 385 g/mol. The van der Waals surface area contributed by atoms with Crippen LogP contribution in [0.5, 0.6) is 0 Å². The molecule has 0 heterocycles. The van der Waals surface area contributed by atoms with Crippen LogP contribution in [0.25, 0.3) is 0 Å². The van der Waals surface area contributed by atoms with Gasteiger partial charge in [-0.1, -0.05) is 72.8 Å². The standard InChI is InChI=1S/C24H20FN3O/c25-22-13-7-8-18(14-22)16-27-17-21(15-26)24(29)28-23(19-9-3-1-4-10-19)20-11-5-2-6-12-20/h1-14,17,23,27H,16H2,(H,28,29)/b21-17-. The Hall–Kier alpha value is -3.91. The Balaban J connectivity index is 1.74. The van der Waals surface area contributed by atoms with Crippen LogP contribution in [0.3, 0.4) is 0 Å². The van der Waals surface area contributed by atoms with Crippen molar-refractivity contribution in [3.05, 3.63) is 119 Å². The van der Waals surface area contributed by atoms with Gasteiger partial charge in [0, 0.05) is 12.7 Å². The first-order valence-electron chi connectivity index (χ1n) is 9.16. The minimum absolute atomic E-state index is 0.0572. The van der Waals surface area contributed by atoms with Crippen LogP contribution in [0.15, 0.2) is 96.7 Å². The van der Waals surface area contributed by atoms with Gasteiger partial charge in [-0.15, -0.1) is 0 Å². The Bertz CT molecular complexity index is 987. The van der Waals surface area contributed by atoms with Crippen molar-refractivity contribution in [2.45, 2.75) is 12.6 Å². The first kappa shape index (κ1) is 19.8. The van der Waals surface area contributed by atoms with Crippen molar-refractivity contribution in [1.82, 2.24) is 10.6 Å². The SMILES string of the molecule is N#C/C(=C/NCc1cccc(F)c1)C(=O)NC(c1ccccc1)c1ccccc1. The zero-order valence-corrected chi connectivity index (χ0v) is 15.7. The predicted molar refractivity (Wildman–Crippen MR) is 110 cm³/mol. The van der Waals surface area contributed by atoms with E-state index in [1.165, 1.54) is 18.3 Å². The van der Waals surface area contributed by atoms with Crippen molar-refractivity contribution < 1.29 is 9.18 Å². The molecular weight excluding hydrogens is 365 g/mol. The predicted octanol–water partition coefficient (Wildman–Crippen LogP) is 4.23. The van der Waals surface area contributed by atoms with Crippen molar-refractivity contribution in [2.24, 2.45) is 0 Å². The molecule has 29 heavy (non-hydrogen) atoms.